The highest BCUT2D eigenvalue weighted by Gasteiger charge is 2.79. The largest absolute Gasteiger partial charge is 0.396 e. The average molecular weight is 223 g/mol. The van der Waals surface area contributed by atoms with E-state index in [0.717, 1.165) is 12.1 Å². The Morgan fingerprint density at radius 1 is 1.00 bits per heavy atom. The molecule has 1 unspecified atom stereocenters. The van der Waals surface area contributed by atoms with Gasteiger partial charge in [-0.05, 0) is 12.1 Å². The van der Waals surface area contributed by atoms with Gasteiger partial charge in [0, 0.05) is 5.69 Å². The minimum atomic E-state index is -4.62. The van der Waals surface area contributed by atoms with Crippen molar-refractivity contribution in [3.05, 3.63) is 30.3 Å². The second kappa shape index (κ2) is 2.84. The zero-order valence-corrected chi connectivity index (χ0v) is 7.30. The number of hydrogen-bond acceptors (Lipinski definition) is 1. The lowest BCUT2D eigenvalue weighted by Gasteiger charge is -2.50. The van der Waals surface area contributed by atoms with Crippen LogP contribution < -0.4 is 4.90 Å². The maximum Gasteiger partial charge on any atom is 0.396 e. The van der Waals surface area contributed by atoms with Gasteiger partial charge in [-0.1, -0.05) is 18.2 Å². The molecule has 0 N–H and O–H groups in total. The Labute approximate surface area is 82.1 Å². The van der Waals surface area contributed by atoms with Gasteiger partial charge in [0.05, 0.1) is 0 Å². The lowest BCUT2D eigenvalue weighted by molar-refractivity contribution is -0.309. The number of nitrogens with zero attached hydrogens (tertiary/aromatic N) is 1. The van der Waals surface area contributed by atoms with Crippen molar-refractivity contribution in [2.75, 3.05) is 4.90 Å². The van der Waals surface area contributed by atoms with Gasteiger partial charge in [0.2, 0.25) is 6.30 Å². The first-order valence-corrected chi connectivity index (χ1v) is 4.13. The van der Waals surface area contributed by atoms with Crippen molar-refractivity contribution in [2.45, 2.75) is 18.3 Å². The Balaban J connectivity index is 2.35. The summed E-state index contributed by atoms with van der Waals surface area (Å²) in [5.74, 6) is -4.62. The third-order valence-electron chi connectivity index (χ3n) is 2.26. The monoisotopic (exact) mass is 223 g/mol. The normalized spacial score (nSPS) is 27.3. The van der Waals surface area contributed by atoms with Gasteiger partial charge in [-0.3, -0.25) is 4.90 Å². The predicted molar refractivity (Wildman–Crippen MR) is 43.7 cm³/mol. The van der Waals surface area contributed by atoms with Crippen molar-refractivity contribution in [3.8, 4) is 0 Å². The van der Waals surface area contributed by atoms with Crippen LogP contribution in [-0.2, 0) is 0 Å². The molecule has 2 rings (SSSR count). The first-order valence-electron chi connectivity index (χ1n) is 4.13. The Bertz CT molecular complexity index is 364. The van der Waals surface area contributed by atoms with E-state index < -0.39 is 18.3 Å². The highest BCUT2D eigenvalue weighted by atomic mass is 19.3. The number of alkyl halides is 5. The van der Waals surface area contributed by atoms with E-state index in [2.05, 4.69) is 0 Å². The zero-order valence-electron chi connectivity index (χ0n) is 7.30. The fourth-order valence-electron chi connectivity index (χ4n) is 1.42. The SMILES string of the molecule is FC1N(c2ccccc2)C(F)(F)C1(F)F. The molecule has 1 atom stereocenters. The van der Waals surface area contributed by atoms with E-state index in [1.807, 2.05) is 0 Å². The topological polar surface area (TPSA) is 3.24 Å². The van der Waals surface area contributed by atoms with E-state index in [4.69, 9.17) is 0 Å². The van der Waals surface area contributed by atoms with Crippen LogP contribution in [0.5, 0.6) is 0 Å². The maximum absolute atomic E-state index is 12.9. The molecule has 0 bridgehead atoms. The molecule has 0 amide bonds. The predicted octanol–water partition coefficient (Wildman–Crippen LogP) is 3.03. The van der Waals surface area contributed by atoms with Crippen molar-refractivity contribution in [2.24, 2.45) is 0 Å². The third-order valence-corrected chi connectivity index (χ3v) is 2.26. The number of hydrogen-bond donors (Lipinski definition) is 0. The van der Waals surface area contributed by atoms with E-state index >= 15 is 0 Å². The van der Waals surface area contributed by atoms with Crippen LogP contribution in [0.15, 0.2) is 30.3 Å². The van der Waals surface area contributed by atoms with Gasteiger partial charge in [0.1, 0.15) is 0 Å². The quantitative estimate of drug-likeness (QED) is 0.522. The molecule has 0 radical (unpaired) electrons. The molecule has 1 aromatic carbocycles. The molecule has 0 aromatic heterocycles. The number of para-hydroxylation sites is 1. The minimum absolute atomic E-state index is 0.229. The van der Waals surface area contributed by atoms with Gasteiger partial charge < -0.3 is 0 Å². The van der Waals surface area contributed by atoms with Crippen molar-refractivity contribution in [1.82, 2.24) is 0 Å². The fraction of sp³-hybridized carbons (Fsp3) is 0.333. The molecule has 0 saturated carbocycles. The smallest absolute Gasteiger partial charge is 0.272 e. The second-order valence-corrected chi connectivity index (χ2v) is 3.21. The van der Waals surface area contributed by atoms with Crippen molar-refractivity contribution < 1.29 is 22.0 Å². The van der Waals surface area contributed by atoms with Crippen LogP contribution in [0.2, 0.25) is 0 Å². The van der Waals surface area contributed by atoms with E-state index in [9.17, 15) is 22.0 Å². The summed E-state index contributed by atoms with van der Waals surface area (Å²) in [5.41, 5.74) is -0.263. The molecule has 1 heterocycles. The lowest BCUT2D eigenvalue weighted by atomic mass is 10.0. The van der Waals surface area contributed by atoms with E-state index in [1.165, 1.54) is 18.2 Å². The molecular formula is C9H6F5N. The highest BCUT2D eigenvalue weighted by Crippen LogP contribution is 2.54. The lowest BCUT2D eigenvalue weighted by Crippen LogP contribution is -2.76. The van der Waals surface area contributed by atoms with Gasteiger partial charge >= 0.3 is 12.0 Å². The van der Waals surface area contributed by atoms with Crippen molar-refractivity contribution in [1.29, 1.82) is 0 Å². The van der Waals surface area contributed by atoms with Crippen LogP contribution in [0.4, 0.5) is 27.6 Å². The molecule has 1 aliphatic rings. The third kappa shape index (κ3) is 1.13. The maximum atomic E-state index is 12.9. The Hall–Kier alpha value is -1.33. The second-order valence-electron chi connectivity index (χ2n) is 3.21. The van der Waals surface area contributed by atoms with Gasteiger partial charge in [0.25, 0.3) is 0 Å². The van der Waals surface area contributed by atoms with Gasteiger partial charge in [-0.2, -0.15) is 17.6 Å². The Kier molecular flexibility index (Phi) is 1.93. The van der Waals surface area contributed by atoms with Crippen LogP contribution in [-0.4, -0.2) is 18.3 Å². The molecule has 1 saturated heterocycles. The summed E-state index contributed by atoms with van der Waals surface area (Å²) in [6.07, 6.45) is -2.98. The minimum Gasteiger partial charge on any atom is -0.272 e. The molecule has 0 spiro atoms. The van der Waals surface area contributed by atoms with E-state index in [1.54, 1.807) is 0 Å². The van der Waals surface area contributed by atoms with E-state index in [0.29, 0.717) is 0 Å². The Morgan fingerprint density at radius 2 is 1.53 bits per heavy atom. The number of anilines is 1. The van der Waals surface area contributed by atoms with Gasteiger partial charge in [-0.15, -0.1) is 0 Å². The fourth-order valence-corrected chi connectivity index (χ4v) is 1.42. The summed E-state index contributed by atoms with van der Waals surface area (Å²) in [6.45, 7) is 0. The molecule has 1 aliphatic heterocycles. The van der Waals surface area contributed by atoms with Crippen molar-refractivity contribution >= 4 is 5.69 Å². The van der Waals surface area contributed by atoms with Gasteiger partial charge in [0.15, 0.2) is 0 Å². The molecule has 1 aromatic rings. The van der Waals surface area contributed by atoms with Gasteiger partial charge in [-0.25, -0.2) is 4.39 Å². The van der Waals surface area contributed by atoms with Crippen LogP contribution >= 0.6 is 0 Å². The summed E-state index contributed by atoms with van der Waals surface area (Å²) in [5, 5.41) is 0. The number of benzene rings is 1. The van der Waals surface area contributed by atoms with E-state index in [-0.39, 0.29) is 10.6 Å². The molecule has 1 nitrogen and oxygen atoms in total. The first-order chi connectivity index (χ1) is 6.89. The first kappa shape index (κ1) is 10.2. The Morgan fingerprint density at radius 3 is 2.00 bits per heavy atom. The average Bonchev–Trinajstić information content (AvgIpc) is 2.19. The van der Waals surface area contributed by atoms with Crippen LogP contribution in [0.3, 0.4) is 0 Å². The van der Waals surface area contributed by atoms with Crippen LogP contribution in [0, 0.1) is 0 Å². The standard InChI is InChI=1S/C9H6F5N/c10-7-8(11,12)9(13,14)15(7)6-4-2-1-3-5-6/h1-5,7H. The molecule has 82 valence electrons. The summed E-state index contributed by atoms with van der Waals surface area (Å²) < 4.78 is 63.5. The summed E-state index contributed by atoms with van der Waals surface area (Å²) in [7, 11) is 0. The number of halogens is 5. The zero-order chi connectivity index (χ0) is 11.3. The van der Waals surface area contributed by atoms with Crippen LogP contribution in [0.1, 0.15) is 0 Å². The molecule has 6 heteroatoms. The summed E-state index contributed by atoms with van der Waals surface area (Å²) >= 11 is 0. The summed E-state index contributed by atoms with van der Waals surface area (Å²) in [6, 6.07) is 2.09. The van der Waals surface area contributed by atoms with Crippen molar-refractivity contribution in [3.63, 3.8) is 0 Å². The molecule has 1 fully saturated rings. The molecule has 15 heavy (non-hydrogen) atoms. The number of rotatable bonds is 1. The molecule has 0 aliphatic carbocycles. The summed E-state index contributed by atoms with van der Waals surface area (Å²) in [4.78, 5) is -0.229. The highest BCUT2D eigenvalue weighted by molar-refractivity contribution is 5.53. The molecular weight excluding hydrogens is 217 g/mol. The van der Waals surface area contributed by atoms with Crippen LogP contribution in [0.25, 0.3) is 0 Å².